The van der Waals surface area contributed by atoms with E-state index in [-0.39, 0.29) is 29.4 Å². The average Bonchev–Trinajstić information content (AvgIpc) is 2.82. The Morgan fingerprint density at radius 2 is 1.74 bits per heavy atom. The van der Waals surface area contributed by atoms with Crippen molar-refractivity contribution in [1.29, 1.82) is 0 Å². The second-order valence-electron chi connectivity index (χ2n) is 8.19. The number of hydrogen-bond acceptors (Lipinski definition) is 5. The number of hydrogen-bond donors (Lipinski definition) is 2. The quantitative estimate of drug-likeness (QED) is 0.297. The minimum absolute atomic E-state index is 0. The third kappa shape index (κ3) is 7.47. The number of nitrogens with zero attached hydrogens (tertiary/aromatic N) is 2. The Bertz CT molecular complexity index is 659. The second-order valence-corrected chi connectivity index (χ2v) is 8.19. The molecule has 0 aliphatic carbocycles. The maximum Gasteiger partial charge on any atom is 0.191 e. The molecule has 176 valence electrons. The highest BCUT2D eigenvalue weighted by atomic mass is 127. The van der Waals surface area contributed by atoms with Gasteiger partial charge in [-0.05, 0) is 44.4 Å². The zero-order chi connectivity index (χ0) is 21.2. The number of nitrogens with one attached hydrogen (secondary N) is 2. The van der Waals surface area contributed by atoms with Crippen molar-refractivity contribution in [3.8, 4) is 5.75 Å². The van der Waals surface area contributed by atoms with Crippen LogP contribution in [0.1, 0.15) is 32.3 Å². The van der Waals surface area contributed by atoms with Crippen molar-refractivity contribution in [2.75, 3.05) is 66.3 Å². The largest absolute Gasteiger partial charge is 0.497 e. The van der Waals surface area contributed by atoms with Crippen molar-refractivity contribution in [2.24, 2.45) is 4.99 Å². The van der Waals surface area contributed by atoms with Crippen molar-refractivity contribution in [1.82, 2.24) is 15.5 Å². The van der Waals surface area contributed by atoms with Crippen molar-refractivity contribution in [3.05, 3.63) is 29.8 Å². The van der Waals surface area contributed by atoms with Crippen LogP contribution in [0.5, 0.6) is 5.75 Å². The molecule has 0 radical (unpaired) electrons. The van der Waals surface area contributed by atoms with Gasteiger partial charge in [-0.2, -0.15) is 0 Å². The predicted molar refractivity (Wildman–Crippen MR) is 136 cm³/mol. The molecular weight excluding hydrogens is 507 g/mol. The van der Waals surface area contributed by atoms with E-state index < -0.39 is 0 Å². The molecule has 8 heteroatoms. The predicted octanol–water partition coefficient (Wildman–Crippen LogP) is 2.64. The number of ether oxygens (including phenoxy) is 3. The SMILES string of the molecule is CCNC(=NCC1(c2ccc(OC)cc2)CCOCC1)NCC(C)N1CCOCC1.I. The zero-order valence-electron chi connectivity index (χ0n) is 19.2. The smallest absolute Gasteiger partial charge is 0.191 e. The Hall–Kier alpha value is -1.10. The van der Waals surface area contributed by atoms with Gasteiger partial charge in [-0.15, -0.1) is 24.0 Å². The van der Waals surface area contributed by atoms with Gasteiger partial charge in [0, 0.05) is 50.8 Å². The standard InChI is InChI=1S/C23H38N4O3.HI/c1-4-24-22(25-17-19(2)27-11-15-30-16-12-27)26-18-23(9-13-29-14-10-23)20-5-7-21(28-3)8-6-20;/h5-8,19H,4,9-18H2,1-3H3,(H2,24,25,26);1H. The van der Waals surface area contributed by atoms with E-state index >= 15 is 0 Å². The maximum atomic E-state index is 5.67. The van der Waals surface area contributed by atoms with E-state index in [1.807, 2.05) is 12.1 Å². The topological polar surface area (TPSA) is 67.4 Å². The first kappa shape index (κ1) is 26.2. The fourth-order valence-electron chi connectivity index (χ4n) is 4.21. The van der Waals surface area contributed by atoms with Crippen LogP contribution in [0.4, 0.5) is 0 Å². The van der Waals surface area contributed by atoms with Gasteiger partial charge >= 0.3 is 0 Å². The molecule has 3 rings (SSSR count). The van der Waals surface area contributed by atoms with E-state index in [4.69, 9.17) is 19.2 Å². The third-order valence-corrected chi connectivity index (χ3v) is 6.27. The lowest BCUT2D eigenvalue weighted by Gasteiger charge is -2.37. The average molecular weight is 546 g/mol. The Labute approximate surface area is 204 Å². The first-order chi connectivity index (χ1) is 14.7. The zero-order valence-corrected chi connectivity index (χ0v) is 21.5. The summed E-state index contributed by atoms with van der Waals surface area (Å²) in [6, 6.07) is 8.89. The lowest BCUT2D eigenvalue weighted by molar-refractivity contribution is 0.0211. The molecule has 2 fully saturated rings. The lowest BCUT2D eigenvalue weighted by atomic mass is 9.74. The highest BCUT2D eigenvalue weighted by Crippen LogP contribution is 2.36. The number of benzene rings is 1. The van der Waals surface area contributed by atoms with E-state index in [1.165, 1.54) is 5.56 Å². The number of halogens is 1. The summed E-state index contributed by atoms with van der Waals surface area (Å²) in [5, 5.41) is 6.96. The van der Waals surface area contributed by atoms with Gasteiger partial charge in [0.15, 0.2) is 5.96 Å². The summed E-state index contributed by atoms with van der Waals surface area (Å²) in [4.78, 5) is 7.48. The molecule has 1 aromatic rings. The second kappa shape index (κ2) is 13.4. The summed E-state index contributed by atoms with van der Waals surface area (Å²) in [6.45, 7) is 12.0. The van der Waals surface area contributed by atoms with Crippen LogP contribution in [0.2, 0.25) is 0 Å². The van der Waals surface area contributed by atoms with Gasteiger partial charge in [-0.25, -0.2) is 0 Å². The summed E-state index contributed by atoms with van der Waals surface area (Å²) < 4.78 is 16.5. The molecule has 2 aliphatic heterocycles. The number of aliphatic imine (C=N–C) groups is 1. The van der Waals surface area contributed by atoms with Crippen molar-refractivity contribution < 1.29 is 14.2 Å². The van der Waals surface area contributed by atoms with Gasteiger partial charge in [0.05, 0.1) is 26.9 Å². The van der Waals surface area contributed by atoms with Crippen LogP contribution in [0.3, 0.4) is 0 Å². The first-order valence-corrected chi connectivity index (χ1v) is 11.2. The highest BCUT2D eigenvalue weighted by molar-refractivity contribution is 14.0. The number of rotatable bonds is 8. The minimum Gasteiger partial charge on any atom is -0.497 e. The van der Waals surface area contributed by atoms with E-state index in [0.717, 1.165) is 83.7 Å². The molecule has 7 nitrogen and oxygen atoms in total. The van der Waals surface area contributed by atoms with Gasteiger partial charge in [0.1, 0.15) is 5.75 Å². The van der Waals surface area contributed by atoms with Gasteiger partial charge in [0.25, 0.3) is 0 Å². The number of methoxy groups -OCH3 is 1. The molecule has 0 amide bonds. The maximum absolute atomic E-state index is 5.67. The van der Waals surface area contributed by atoms with E-state index in [0.29, 0.717) is 6.04 Å². The normalized spacial score (nSPS) is 20.4. The highest BCUT2D eigenvalue weighted by Gasteiger charge is 2.34. The Kier molecular flexibility index (Phi) is 11.3. The van der Waals surface area contributed by atoms with Crippen molar-refractivity contribution in [3.63, 3.8) is 0 Å². The minimum atomic E-state index is 0. The van der Waals surface area contributed by atoms with Gasteiger partial charge in [-0.1, -0.05) is 12.1 Å². The van der Waals surface area contributed by atoms with Crippen LogP contribution in [0.15, 0.2) is 29.3 Å². The molecule has 2 heterocycles. The van der Waals surface area contributed by atoms with Crippen LogP contribution >= 0.6 is 24.0 Å². The van der Waals surface area contributed by atoms with Gasteiger partial charge in [0.2, 0.25) is 0 Å². The van der Waals surface area contributed by atoms with E-state index in [2.05, 4.69) is 41.5 Å². The molecule has 0 aromatic heterocycles. The van der Waals surface area contributed by atoms with Crippen LogP contribution < -0.4 is 15.4 Å². The summed E-state index contributed by atoms with van der Waals surface area (Å²) >= 11 is 0. The summed E-state index contributed by atoms with van der Waals surface area (Å²) in [6.07, 6.45) is 1.96. The Morgan fingerprint density at radius 3 is 2.35 bits per heavy atom. The van der Waals surface area contributed by atoms with Crippen molar-refractivity contribution >= 4 is 29.9 Å². The van der Waals surface area contributed by atoms with Crippen LogP contribution in [0, 0.1) is 0 Å². The Morgan fingerprint density at radius 1 is 1.10 bits per heavy atom. The molecule has 1 atom stereocenters. The molecule has 1 unspecified atom stereocenters. The summed E-state index contributed by atoms with van der Waals surface area (Å²) in [5.41, 5.74) is 1.32. The molecular formula is C23H39IN4O3. The van der Waals surface area contributed by atoms with Gasteiger partial charge < -0.3 is 24.8 Å². The van der Waals surface area contributed by atoms with Crippen molar-refractivity contribution in [2.45, 2.75) is 38.1 Å². The fraction of sp³-hybridized carbons (Fsp3) is 0.696. The molecule has 31 heavy (non-hydrogen) atoms. The van der Waals surface area contributed by atoms with Gasteiger partial charge in [-0.3, -0.25) is 9.89 Å². The lowest BCUT2D eigenvalue weighted by Crippen LogP contribution is -2.49. The molecule has 0 bridgehead atoms. The van der Waals surface area contributed by atoms with Crippen LogP contribution in [-0.4, -0.2) is 83.2 Å². The van der Waals surface area contributed by atoms with Crippen LogP contribution in [0.25, 0.3) is 0 Å². The first-order valence-electron chi connectivity index (χ1n) is 11.2. The molecule has 2 saturated heterocycles. The fourth-order valence-corrected chi connectivity index (χ4v) is 4.21. The molecule has 0 saturated carbocycles. The third-order valence-electron chi connectivity index (χ3n) is 6.27. The van der Waals surface area contributed by atoms with Crippen LogP contribution in [-0.2, 0) is 14.9 Å². The summed E-state index contributed by atoms with van der Waals surface area (Å²) in [7, 11) is 1.70. The summed E-state index contributed by atoms with van der Waals surface area (Å²) in [5.74, 6) is 1.77. The molecule has 2 aliphatic rings. The van der Waals surface area contributed by atoms with E-state index in [9.17, 15) is 0 Å². The van der Waals surface area contributed by atoms with E-state index in [1.54, 1.807) is 7.11 Å². The number of morpholine rings is 1. The molecule has 1 aromatic carbocycles. The Balaban J connectivity index is 0.00000341. The number of guanidine groups is 1. The molecule has 0 spiro atoms. The monoisotopic (exact) mass is 546 g/mol. The molecule has 2 N–H and O–H groups in total.